The molecule has 0 spiro atoms. The molecule has 0 bridgehead atoms. The van der Waals surface area contributed by atoms with Gasteiger partial charge in [-0.2, -0.15) is 0 Å². The second-order valence-electron chi connectivity index (χ2n) is 6.40. The molecule has 4 heteroatoms. The third-order valence-electron chi connectivity index (χ3n) is 3.86. The lowest BCUT2D eigenvalue weighted by molar-refractivity contribution is -0.115. The van der Waals surface area contributed by atoms with Crippen LogP contribution in [0.2, 0.25) is 5.02 Å². The lowest BCUT2D eigenvalue weighted by Crippen LogP contribution is -2.41. The molecule has 0 aliphatic heterocycles. The van der Waals surface area contributed by atoms with Crippen molar-refractivity contribution in [2.45, 2.75) is 45.6 Å². The van der Waals surface area contributed by atoms with Crippen molar-refractivity contribution in [2.24, 2.45) is 5.41 Å². The fourth-order valence-corrected chi connectivity index (χ4v) is 3.07. The molecule has 2 N–H and O–H groups in total. The minimum atomic E-state index is -0.0179. The summed E-state index contributed by atoms with van der Waals surface area (Å²) in [6.45, 7) is 4.95. The minimum absolute atomic E-state index is 0.0179. The highest BCUT2D eigenvalue weighted by atomic mass is 35.5. The van der Waals surface area contributed by atoms with Gasteiger partial charge in [0.1, 0.15) is 0 Å². The molecule has 1 aliphatic rings. The van der Waals surface area contributed by atoms with Crippen LogP contribution in [0.15, 0.2) is 24.3 Å². The molecule has 3 nitrogen and oxygen atoms in total. The first kappa shape index (κ1) is 15.3. The van der Waals surface area contributed by atoms with Crippen LogP contribution >= 0.6 is 11.6 Å². The fourth-order valence-electron chi connectivity index (χ4n) is 2.88. The van der Waals surface area contributed by atoms with Crippen LogP contribution in [0.3, 0.4) is 0 Å². The van der Waals surface area contributed by atoms with Crippen molar-refractivity contribution >= 4 is 23.2 Å². The molecule has 1 unspecified atom stereocenters. The van der Waals surface area contributed by atoms with E-state index in [0.29, 0.717) is 23.0 Å². The molecule has 0 heterocycles. The Morgan fingerprint density at radius 3 is 2.95 bits per heavy atom. The maximum atomic E-state index is 11.9. The molecule has 1 aromatic carbocycles. The molecular formula is C16H23ClN2O. The molecule has 0 saturated heterocycles. The lowest BCUT2D eigenvalue weighted by atomic mass is 9.75. The van der Waals surface area contributed by atoms with Crippen molar-refractivity contribution in [2.75, 3.05) is 11.9 Å². The van der Waals surface area contributed by atoms with Gasteiger partial charge in [0, 0.05) is 16.8 Å². The third kappa shape index (κ3) is 4.80. The first-order valence-electron chi connectivity index (χ1n) is 7.23. The van der Waals surface area contributed by atoms with Crippen molar-refractivity contribution in [1.29, 1.82) is 0 Å². The van der Waals surface area contributed by atoms with Crippen LogP contribution in [0.1, 0.15) is 39.5 Å². The molecule has 1 amide bonds. The number of hydrogen-bond donors (Lipinski definition) is 2. The molecule has 110 valence electrons. The monoisotopic (exact) mass is 294 g/mol. The van der Waals surface area contributed by atoms with Gasteiger partial charge in [-0.05, 0) is 42.9 Å². The first-order chi connectivity index (χ1) is 9.44. The van der Waals surface area contributed by atoms with E-state index in [9.17, 15) is 4.79 Å². The zero-order valence-corrected chi connectivity index (χ0v) is 13.0. The van der Waals surface area contributed by atoms with E-state index >= 15 is 0 Å². The summed E-state index contributed by atoms with van der Waals surface area (Å²) in [5, 5.41) is 6.85. The van der Waals surface area contributed by atoms with Gasteiger partial charge in [-0.15, -0.1) is 0 Å². The number of halogens is 1. The normalized spacial score (nSPS) is 21.4. The number of amides is 1. The summed E-state index contributed by atoms with van der Waals surface area (Å²) < 4.78 is 0. The van der Waals surface area contributed by atoms with Crippen LogP contribution in [-0.4, -0.2) is 18.5 Å². The molecule has 0 radical (unpaired) electrons. The zero-order chi connectivity index (χ0) is 14.6. The SMILES string of the molecule is CC1(C)CCCC(NCC(=O)Nc2cccc(Cl)c2)C1. The Balaban J connectivity index is 1.78. The van der Waals surface area contributed by atoms with Crippen molar-refractivity contribution in [3.63, 3.8) is 0 Å². The van der Waals surface area contributed by atoms with E-state index in [2.05, 4.69) is 24.5 Å². The summed E-state index contributed by atoms with van der Waals surface area (Å²) in [6.07, 6.45) is 4.81. The molecule has 1 aliphatic carbocycles. The second-order valence-corrected chi connectivity index (χ2v) is 6.83. The van der Waals surface area contributed by atoms with E-state index in [4.69, 9.17) is 11.6 Å². The number of carbonyl (C=O) groups is 1. The molecule has 1 saturated carbocycles. The Hall–Kier alpha value is -1.06. The number of nitrogens with one attached hydrogen (secondary N) is 2. The van der Waals surface area contributed by atoms with E-state index in [-0.39, 0.29) is 5.91 Å². The maximum Gasteiger partial charge on any atom is 0.238 e. The Morgan fingerprint density at radius 1 is 1.45 bits per heavy atom. The van der Waals surface area contributed by atoms with Crippen LogP contribution in [0.4, 0.5) is 5.69 Å². The summed E-state index contributed by atoms with van der Waals surface area (Å²) >= 11 is 5.89. The van der Waals surface area contributed by atoms with Gasteiger partial charge in [-0.3, -0.25) is 4.79 Å². The van der Waals surface area contributed by atoms with Crippen LogP contribution in [0, 0.1) is 5.41 Å². The Kier molecular flexibility index (Phi) is 5.06. The summed E-state index contributed by atoms with van der Waals surface area (Å²) in [4.78, 5) is 11.9. The fraction of sp³-hybridized carbons (Fsp3) is 0.562. The molecule has 1 fully saturated rings. The zero-order valence-electron chi connectivity index (χ0n) is 12.2. The van der Waals surface area contributed by atoms with Gasteiger partial charge in [0.15, 0.2) is 0 Å². The average molecular weight is 295 g/mol. The van der Waals surface area contributed by atoms with Gasteiger partial charge in [-0.1, -0.05) is 37.9 Å². The number of carbonyl (C=O) groups excluding carboxylic acids is 1. The standard InChI is InChI=1S/C16H23ClN2O/c1-16(2)8-4-7-14(10-16)18-11-15(20)19-13-6-3-5-12(17)9-13/h3,5-6,9,14,18H,4,7-8,10-11H2,1-2H3,(H,19,20). The van der Waals surface area contributed by atoms with E-state index in [1.54, 1.807) is 12.1 Å². The predicted octanol–water partition coefficient (Wildman–Crippen LogP) is 3.84. The van der Waals surface area contributed by atoms with Gasteiger partial charge in [0.25, 0.3) is 0 Å². The van der Waals surface area contributed by atoms with Gasteiger partial charge < -0.3 is 10.6 Å². The maximum absolute atomic E-state index is 11.9. The average Bonchev–Trinajstić information content (AvgIpc) is 2.35. The summed E-state index contributed by atoms with van der Waals surface area (Å²) in [5.41, 5.74) is 1.13. The Bertz CT molecular complexity index is 473. The molecule has 2 rings (SSSR count). The van der Waals surface area contributed by atoms with Gasteiger partial charge in [0.2, 0.25) is 5.91 Å². The molecular weight excluding hydrogens is 272 g/mol. The van der Waals surface area contributed by atoms with Gasteiger partial charge in [0.05, 0.1) is 6.54 Å². The number of hydrogen-bond acceptors (Lipinski definition) is 2. The quantitative estimate of drug-likeness (QED) is 0.886. The van der Waals surface area contributed by atoms with Crippen LogP contribution in [-0.2, 0) is 4.79 Å². The lowest BCUT2D eigenvalue weighted by Gasteiger charge is -2.35. The van der Waals surface area contributed by atoms with Gasteiger partial charge in [-0.25, -0.2) is 0 Å². The highest BCUT2D eigenvalue weighted by Crippen LogP contribution is 2.34. The smallest absolute Gasteiger partial charge is 0.238 e. The van der Waals surface area contributed by atoms with E-state index in [0.717, 1.165) is 18.5 Å². The first-order valence-corrected chi connectivity index (χ1v) is 7.61. The third-order valence-corrected chi connectivity index (χ3v) is 4.10. The van der Waals surface area contributed by atoms with Crippen molar-refractivity contribution < 1.29 is 4.79 Å². The molecule has 0 aromatic heterocycles. The second kappa shape index (κ2) is 6.59. The van der Waals surface area contributed by atoms with Crippen molar-refractivity contribution in [3.8, 4) is 0 Å². The molecule has 1 aromatic rings. The number of anilines is 1. The summed E-state index contributed by atoms with van der Waals surface area (Å²) in [7, 11) is 0. The number of benzene rings is 1. The summed E-state index contributed by atoms with van der Waals surface area (Å²) in [6, 6.07) is 7.66. The van der Waals surface area contributed by atoms with Crippen LogP contribution in [0.25, 0.3) is 0 Å². The Morgan fingerprint density at radius 2 is 2.25 bits per heavy atom. The number of rotatable bonds is 4. The van der Waals surface area contributed by atoms with Crippen molar-refractivity contribution in [1.82, 2.24) is 5.32 Å². The highest BCUT2D eigenvalue weighted by molar-refractivity contribution is 6.30. The van der Waals surface area contributed by atoms with E-state index in [1.807, 2.05) is 12.1 Å². The van der Waals surface area contributed by atoms with E-state index < -0.39 is 0 Å². The summed E-state index contributed by atoms with van der Waals surface area (Å²) in [5.74, 6) is -0.0179. The highest BCUT2D eigenvalue weighted by Gasteiger charge is 2.27. The molecule has 20 heavy (non-hydrogen) atoms. The van der Waals surface area contributed by atoms with E-state index in [1.165, 1.54) is 12.8 Å². The topological polar surface area (TPSA) is 41.1 Å². The van der Waals surface area contributed by atoms with Gasteiger partial charge >= 0.3 is 0 Å². The van der Waals surface area contributed by atoms with Crippen LogP contribution < -0.4 is 10.6 Å². The molecule has 1 atom stereocenters. The minimum Gasteiger partial charge on any atom is -0.325 e. The van der Waals surface area contributed by atoms with Crippen LogP contribution in [0.5, 0.6) is 0 Å². The predicted molar refractivity (Wildman–Crippen MR) is 84.1 cm³/mol. The Labute approximate surface area is 126 Å². The van der Waals surface area contributed by atoms with Crippen molar-refractivity contribution in [3.05, 3.63) is 29.3 Å². The largest absolute Gasteiger partial charge is 0.325 e.